The van der Waals surface area contributed by atoms with Gasteiger partial charge < -0.3 is 0 Å². The first kappa shape index (κ1) is 19.3. The zero-order chi connectivity index (χ0) is 19.9. The molecule has 3 unspecified atom stereocenters. The highest BCUT2D eigenvalue weighted by molar-refractivity contribution is 5.47. The Balaban J connectivity index is 1.59. The maximum Gasteiger partial charge on any atom is 0.0656 e. The van der Waals surface area contributed by atoms with Gasteiger partial charge in [-0.05, 0) is 89.2 Å². The quantitative estimate of drug-likeness (QED) is 0.585. The third-order valence-corrected chi connectivity index (χ3v) is 7.13. The molecule has 3 atom stereocenters. The van der Waals surface area contributed by atoms with E-state index < -0.39 is 0 Å². The zero-order valence-corrected chi connectivity index (χ0v) is 17.9. The van der Waals surface area contributed by atoms with E-state index in [2.05, 4.69) is 70.2 Å². The smallest absolute Gasteiger partial charge is 0.0656 e. The highest BCUT2D eigenvalue weighted by Crippen LogP contribution is 2.42. The Morgan fingerprint density at radius 1 is 1.04 bits per heavy atom. The summed E-state index contributed by atoms with van der Waals surface area (Å²) in [4.78, 5) is 0. The highest BCUT2D eigenvalue weighted by atomic mass is 14.4. The zero-order valence-electron chi connectivity index (χ0n) is 17.9. The first-order chi connectivity index (χ1) is 13.4. The minimum absolute atomic E-state index is 0.222. The van der Waals surface area contributed by atoms with E-state index in [4.69, 9.17) is 0 Å². The molecule has 0 bridgehead atoms. The summed E-state index contributed by atoms with van der Waals surface area (Å²) in [5.74, 6) is 1.41. The molecule has 2 aromatic rings. The molecular formula is C27H33N. The second kappa shape index (κ2) is 7.40. The fraction of sp³-hybridized carbons (Fsp3) is 0.519. The molecule has 0 amide bonds. The normalized spacial score (nSPS) is 25.5. The molecule has 0 aromatic heterocycles. The van der Waals surface area contributed by atoms with Gasteiger partial charge in [-0.3, -0.25) is 0 Å². The standard InChI is InChI=1S/C27H33N/c1-5-21-7-8-22(23-11-18(2)10-20(14-23)17-28)15-24(21)12-19-6-9-26-25(13-19)16-27(26,3)4/h6-9,13,15,18,20,23H,5,10-12,14,16H2,1-4H3. The SMILES string of the molecule is CCc1ccc(C2CC(C)CC(C#N)C2)cc1Cc1ccc2c(c1)CC2(C)C. The van der Waals surface area contributed by atoms with Gasteiger partial charge in [0, 0.05) is 5.92 Å². The van der Waals surface area contributed by atoms with Crippen molar-refractivity contribution in [1.82, 2.24) is 0 Å². The van der Waals surface area contributed by atoms with Crippen molar-refractivity contribution in [3.63, 3.8) is 0 Å². The summed E-state index contributed by atoms with van der Waals surface area (Å²) in [5.41, 5.74) is 9.25. The largest absolute Gasteiger partial charge is 0.198 e. The number of hydrogen-bond acceptors (Lipinski definition) is 1. The molecule has 0 radical (unpaired) electrons. The molecule has 0 N–H and O–H groups in total. The van der Waals surface area contributed by atoms with E-state index in [1.54, 1.807) is 0 Å². The summed E-state index contributed by atoms with van der Waals surface area (Å²) in [6.07, 6.45) is 6.62. The van der Waals surface area contributed by atoms with Gasteiger partial charge in [0.25, 0.3) is 0 Å². The van der Waals surface area contributed by atoms with Gasteiger partial charge >= 0.3 is 0 Å². The van der Waals surface area contributed by atoms with Crippen LogP contribution in [0.5, 0.6) is 0 Å². The van der Waals surface area contributed by atoms with Gasteiger partial charge in [0.15, 0.2) is 0 Å². The molecule has 0 spiro atoms. The number of hydrogen-bond donors (Lipinski definition) is 0. The van der Waals surface area contributed by atoms with Crippen molar-refractivity contribution < 1.29 is 0 Å². The average Bonchev–Trinajstić information content (AvgIpc) is 2.66. The molecule has 2 aliphatic carbocycles. The van der Waals surface area contributed by atoms with Crippen LogP contribution in [0.2, 0.25) is 0 Å². The van der Waals surface area contributed by atoms with E-state index in [1.165, 1.54) is 46.2 Å². The molecule has 0 saturated heterocycles. The Kier molecular flexibility index (Phi) is 5.09. The summed E-state index contributed by atoms with van der Waals surface area (Å²) in [5, 5.41) is 9.45. The summed E-state index contributed by atoms with van der Waals surface area (Å²) >= 11 is 0. The van der Waals surface area contributed by atoms with Crippen molar-refractivity contribution in [2.24, 2.45) is 11.8 Å². The van der Waals surface area contributed by atoms with Crippen LogP contribution in [0.15, 0.2) is 36.4 Å². The Labute approximate surface area is 170 Å². The van der Waals surface area contributed by atoms with Crippen LogP contribution in [0.4, 0.5) is 0 Å². The van der Waals surface area contributed by atoms with E-state index in [9.17, 15) is 5.26 Å². The van der Waals surface area contributed by atoms with Crippen molar-refractivity contribution >= 4 is 0 Å². The molecule has 0 heterocycles. The summed E-state index contributed by atoms with van der Waals surface area (Å²) < 4.78 is 0. The maximum atomic E-state index is 9.45. The van der Waals surface area contributed by atoms with Gasteiger partial charge in [0.2, 0.25) is 0 Å². The van der Waals surface area contributed by atoms with Crippen molar-refractivity contribution in [2.45, 2.75) is 77.6 Å². The van der Waals surface area contributed by atoms with E-state index in [0.717, 1.165) is 25.7 Å². The fourth-order valence-corrected chi connectivity index (χ4v) is 5.64. The van der Waals surface area contributed by atoms with Crippen LogP contribution in [-0.4, -0.2) is 0 Å². The summed E-state index contributed by atoms with van der Waals surface area (Å²) in [6, 6.07) is 16.8. The molecule has 4 rings (SSSR count). The first-order valence-corrected chi connectivity index (χ1v) is 11.0. The van der Waals surface area contributed by atoms with Crippen LogP contribution in [-0.2, 0) is 24.7 Å². The number of benzene rings is 2. The molecule has 0 aliphatic heterocycles. The van der Waals surface area contributed by atoms with Crippen LogP contribution >= 0.6 is 0 Å². The molecule has 2 aromatic carbocycles. The van der Waals surface area contributed by atoms with E-state index in [-0.39, 0.29) is 5.92 Å². The van der Waals surface area contributed by atoms with Gasteiger partial charge in [0.1, 0.15) is 0 Å². The number of aryl methyl sites for hydroxylation is 1. The van der Waals surface area contributed by atoms with Crippen LogP contribution in [0.25, 0.3) is 0 Å². The second-order valence-electron chi connectivity index (χ2n) is 9.95. The topological polar surface area (TPSA) is 23.8 Å². The molecule has 1 nitrogen and oxygen atoms in total. The highest BCUT2D eigenvalue weighted by Gasteiger charge is 2.33. The molecule has 28 heavy (non-hydrogen) atoms. The Morgan fingerprint density at radius 2 is 1.86 bits per heavy atom. The van der Waals surface area contributed by atoms with Crippen LogP contribution in [0, 0.1) is 23.2 Å². The lowest BCUT2D eigenvalue weighted by atomic mass is 9.66. The molecule has 146 valence electrons. The Bertz CT molecular complexity index is 914. The van der Waals surface area contributed by atoms with E-state index in [0.29, 0.717) is 17.3 Å². The molecular weight excluding hydrogens is 338 g/mol. The average molecular weight is 372 g/mol. The summed E-state index contributed by atoms with van der Waals surface area (Å²) in [7, 11) is 0. The maximum absolute atomic E-state index is 9.45. The van der Waals surface area contributed by atoms with Gasteiger partial charge in [-0.2, -0.15) is 5.26 Å². The molecule has 1 heteroatoms. The molecule has 1 saturated carbocycles. The fourth-order valence-electron chi connectivity index (χ4n) is 5.64. The van der Waals surface area contributed by atoms with Crippen molar-refractivity contribution in [1.29, 1.82) is 5.26 Å². The van der Waals surface area contributed by atoms with Crippen molar-refractivity contribution in [3.8, 4) is 6.07 Å². The lowest BCUT2D eigenvalue weighted by Crippen LogP contribution is -2.32. The molecule has 2 aliphatic rings. The van der Waals surface area contributed by atoms with E-state index >= 15 is 0 Å². The predicted molar refractivity (Wildman–Crippen MR) is 117 cm³/mol. The number of rotatable bonds is 4. The number of nitrogens with zero attached hydrogens (tertiary/aromatic N) is 1. The van der Waals surface area contributed by atoms with Gasteiger partial charge in [0.05, 0.1) is 6.07 Å². The summed E-state index contributed by atoms with van der Waals surface area (Å²) in [6.45, 7) is 9.24. The lowest BCUT2D eigenvalue weighted by molar-refractivity contribution is 0.295. The third-order valence-electron chi connectivity index (χ3n) is 7.13. The molecule has 1 fully saturated rings. The second-order valence-corrected chi connectivity index (χ2v) is 9.95. The third kappa shape index (κ3) is 3.62. The van der Waals surface area contributed by atoms with Gasteiger partial charge in [-0.15, -0.1) is 0 Å². The minimum Gasteiger partial charge on any atom is -0.198 e. The first-order valence-electron chi connectivity index (χ1n) is 11.0. The minimum atomic E-state index is 0.222. The predicted octanol–water partition coefficient (Wildman–Crippen LogP) is 6.72. The lowest BCUT2D eigenvalue weighted by Gasteiger charge is -2.38. The number of nitriles is 1. The van der Waals surface area contributed by atoms with E-state index in [1.807, 2.05) is 0 Å². The number of fused-ring (bicyclic) bond motifs is 1. The Morgan fingerprint density at radius 3 is 2.54 bits per heavy atom. The van der Waals surface area contributed by atoms with Crippen LogP contribution in [0.1, 0.15) is 86.3 Å². The van der Waals surface area contributed by atoms with Crippen LogP contribution < -0.4 is 0 Å². The Hall–Kier alpha value is -2.07. The van der Waals surface area contributed by atoms with Gasteiger partial charge in [-0.1, -0.05) is 64.1 Å². The van der Waals surface area contributed by atoms with Gasteiger partial charge in [-0.25, -0.2) is 0 Å². The van der Waals surface area contributed by atoms with Crippen molar-refractivity contribution in [3.05, 3.63) is 69.8 Å². The monoisotopic (exact) mass is 371 g/mol. The van der Waals surface area contributed by atoms with Crippen molar-refractivity contribution in [2.75, 3.05) is 0 Å². The van der Waals surface area contributed by atoms with Crippen LogP contribution in [0.3, 0.4) is 0 Å².